The number of amides is 1. The third-order valence-corrected chi connectivity index (χ3v) is 8.14. The molecule has 1 aromatic heterocycles. The maximum absolute atomic E-state index is 13.4. The van der Waals surface area contributed by atoms with Crippen molar-refractivity contribution in [3.05, 3.63) is 124 Å². The van der Waals surface area contributed by atoms with Gasteiger partial charge in [-0.1, -0.05) is 86.5 Å². The smallest absolute Gasteiger partial charge is 0.226 e. The maximum atomic E-state index is 13.4. The highest BCUT2D eigenvalue weighted by molar-refractivity contribution is 7.80. The summed E-state index contributed by atoms with van der Waals surface area (Å²) in [6.45, 7) is 6.55. The van der Waals surface area contributed by atoms with Crippen LogP contribution in [0.5, 0.6) is 0 Å². The molecule has 43 heavy (non-hydrogen) atoms. The number of thiocarbonyl (C=S) groups is 1. The molecule has 0 radical (unpaired) electrons. The summed E-state index contributed by atoms with van der Waals surface area (Å²) in [5.74, 6) is 0.143. The molecule has 0 saturated carbocycles. The monoisotopic (exact) mass is 612 g/mol. The number of halogens is 1. The zero-order chi connectivity index (χ0) is 30.6. The van der Waals surface area contributed by atoms with Crippen LogP contribution in [0.3, 0.4) is 0 Å². The van der Waals surface area contributed by atoms with Gasteiger partial charge < -0.3 is 20.1 Å². The first-order chi connectivity index (χ1) is 20.8. The van der Waals surface area contributed by atoms with Gasteiger partial charge in [0.2, 0.25) is 5.91 Å². The molecule has 4 rings (SSSR count). The zero-order valence-electron chi connectivity index (χ0n) is 24.5. The lowest BCUT2D eigenvalue weighted by Gasteiger charge is -2.33. The third kappa shape index (κ3) is 9.67. The Kier molecular flexibility index (Phi) is 11.7. The predicted octanol–water partition coefficient (Wildman–Crippen LogP) is 6.11. The Labute approximate surface area is 264 Å². The fourth-order valence-electron chi connectivity index (χ4n) is 4.79. The minimum atomic E-state index is -0.136. The van der Waals surface area contributed by atoms with Crippen molar-refractivity contribution in [3.8, 4) is 6.07 Å². The molecule has 3 aromatic carbocycles. The number of aromatic nitrogens is 2. The van der Waals surface area contributed by atoms with E-state index in [1.165, 1.54) is 0 Å². The normalized spacial score (nSPS) is 12.1. The molecular formula is C34H37ClN6OS. The van der Waals surface area contributed by atoms with Gasteiger partial charge in [-0.3, -0.25) is 4.79 Å². The van der Waals surface area contributed by atoms with Gasteiger partial charge in [0.05, 0.1) is 24.4 Å². The van der Waals surface area contributed by atoms with Gasteiger partial charge >= 0.3 is 0 Å². The van der Waals surface area contributed by atoms with Crippen LogP contribution in [0.25, 0.3) is 0 Å². The zero-order valence-corrected chi connectivity index (χ0v) is 26.1. The fraction of sp³-hybridized carbons (Fsp3) is 0.294. The summed E-state index contributed by atoms with van der Waals surface area (Å²) in [5.41, 5.74) is 4.64. The second kappa shape index (κ2) is 15.9. The first-order valence-corrected chi connectivity index (χ1v) is 15.2. The fourth-order valence-corrected chi connectivity index (χ4v) is 5.22. The molecule has 0 aliphatic heterocycles. The number of nitrogens with zero attached hydrogens (tertiary/aromatic N) is 4. The number of nitrogens with one attached hydrogen (secondary N) is 2. The third-order valence-electron chi connectivity index (χ3n) is 7.51. The van der Waals surface area contributed by atoms with Crippen LogP contribution in [-0.2, 0) is 30.8 Å². The lowest BCUT2D eigenvalue weighted by molar-refractivity contribution is -0.121. The summed E-state index contributed by atoms with van der Waals surface area (Å²) in [6, 6.07) is 27.3. The molecule has 0 spiro atoms. The number of nitriles is 1. The van der Waals surface area contributed by atoms with Crippen molar-refractivity contribution in [2.75, 3.05) is 6.54 Å². The van der Waals surface area contributed by atoms with Crippen LogP contribution in [0.15, 0.2) is 91.4 Å². The van der Waals surface area contributed by atoms with E-state index in [0.29, 0.717) is 41.9 Å². The van der Waals surface area contributed by atoms with Crippen molar-refractivity contribution in [2.45, 2.75) is 52.4 Å². The molecule has 0 bridgehead atoms. The Morgan fingerprint density at radius 2 is 1.81 bits per heavy atom. The van der Waals surface area contributed by atoms with Gasteiger partial charge in [-0.05, 0) is 59.1 Å². The molecule has 2 atom stereocenters. The van der Waals surface area contributed by atoms with E-state index in [0.717, 1.165) is 28.8 Å². The molecular weight excluding hydrogens is 576 g/mol. The van der Waals surface area contributed by atoms with E-state index in [-0.39, 0.29) is 24.3 Å². The summed E-state index contributed by atoms with van der Waals surface area (Å²) >= 11 is 12.2. The first-order valence-electron chi connectivity index (χ1n) is 14.4. The van der Waals surface area contributed by atoms with Crippen molar-refractivity contribution in [1.29, 1.82) is 5.26 Å². The van der Waals surface area contributed by atoms with E-state index < -0.39 is 0 Å². The summed E-state index contributed by atoms with van der Waals surface area (Å²) < 4.78 is 1.97. The van der Waals surface area contributed by atoms with E-state index >= 15 is 0 Å². The van der Waals surface area contributed by atoms with Crippen molar-refractivity contribution in [3.63, 3.8) is 0 Å². The van der Waals surface area contributed by atoms with E-state index in [4.69, 9.17) is 29.1 Å². The number of imidazole rings is 1. The lowest BCUT2D eigenvalue weighted by Crippen LogP contribution is -2.51. The minimum absolute atomic E-state index is 0.0715. The summed E-state index contributed by atoms with van der Waals surface area (Å²) in [5, 5.41) is 17.1. The van der Waals surface area contributed by atoms with Crippen molar-refractivity contribution < 1.29 is 4.79 Å². The molecule has 0 fully saturated rings. The molecule has 1 amide bonds. The van der Waals surface area contributed by atoms with Gasteiger partial charge in [0.1, 0.15) is 0 Å². The van der Waals surface area contributed by atoms with Crippen molar-refractivity contribution in [2.24, 2.45) is 5.92 Å². The summed E-state index contributed by atoms with van der Waals surface area (Å²) in [4.78, 5) is 19.8. The van der Waals surface area contributed by atoms with Gasteiger partial charge in [-0.25, -0.2) is 4.98 Å². The maximum Gasteiger partial charge on any atom is 0.226 e. The Bertz CT molecular complexity index is 1530. The molecule has 0 saturated heterocycles. The Morgan fingerprint density at radius 3 is 2.51 bits per heavy atom. The van der Waals surface area contributed by atoms with E-state index in [9.17, 15) is 4.79 Å². The van der Waals surface area contributed by atoms with Crippen LogP contribution in [0.1, 0.15) is 48.2 Å². The van der Waals surface area contributed by atoms with Gasteiger partial charge in [0, 0.05) is 49.1 Å². The SMILES string of the molecule is CC[C@H](C)[C@@H](CN(Cc1cccc(Cl)c1)C(=S)NCc1ccccc1)NC(=O)Cc1cncn1Cc1ccc(C#N)cc1. The van der Waals surface area contributed by atoms with Crippen LogP contribution in [0.2, 0.25) is 5.02 Å². The van der Waals surface area contributed by atoms with Crippen LogP contribution in [0.4, 0.5) is 0 Å². The van der Waals surface area contributed by atoms with Crippen LogP contribution in [0, 0.1) is 17.2 Å². The number of rotatable bonds is 13. The minimum Gasteiger partial charge on any atom is -0.358 e. The molecule has 0 aliphatic carbocycles. The number of carbonyl (C=O) groups is 1. The Balaban J connectivity index is 1.46. The molecule has 4 aromatic rings. The quantitative estimate of drug-likeness (QED) is 0.177. The Hall–Kier alpha value is -4.19. The van der Waals surface area contributed by atoms with Gasteiger partial charge in [0.15, 0.2) is 5.11 Å². The Morgan fingerprint density at radius 1 is 1.07 bits per heavy atom. The van der Waals surface area contributed by atoms with E-state index in [1.54, 1.807) is 24.7 Å². The highest BCUT2D eigenvalue weighted by atomic mass is 35.5. The summed E-state index contributed by atoms with van der Waals surface area (Å²) in [7, 11) is 0. The summed E-state index contributed by atoms with van der Waals surface area (Å²) in [6.07, 6.45) is 4.57. The second-order valence-corrected chi connectivity index (χ2v) is 11.5. The molecule has 7 nitrogen and oxygen atoms in total. The average molecular weight is 613 g/mol. The van der Waals surface area contributed by atoms with Crippen molar-refractivity contribution in [1.82, 2.24) is 25.1 Å². The van der Waals surface area contributed by atoms with Gasteiger partial charge in [0.25, 0.3) is 0 Å². The largest absolute Gasteiger partial charge is 0.358 e. The number of hydrogen-bond donors (Lipinski definition) is 2. The van der Waals surface area contributed by atoms with Crippen molar-refractivity contribution >= 4 is 34.8 Å². The van der Waals surface area contributed by atoms with Crippen LogP contribution >= 0.6 is 23.8 Å². The molecule has 222 valence electrons. The predicted molar refractivity (Wildman–Crippen MR) is 175 cm³/mol. The van der Waals surface area contributed by atoms with Gasteiger partial charge in [-0.15, -0.1) is 0 Å². The molecule has 0 aliphatic rings. The van der Waals surface area contributed by atoms with Crippen LogP contribution < -0.4 is 10.6 Å². The molecule has 9 heteroatoms. The topological polar surface area (TPSA) is 86.0 Å². The van der Waals surface area contributed by atoms with E-state index in [2.05, 4.69) is 52.6 Å². The number of carbonyl (C=O) groups excluding carboxylic acids is 1. The standard InChI is InChI=1S/C34H37ClN6OS/c1-3-25(2)32(39-33(42)17-31-20-37-24-41(31)21-28-14-12-26(18-36)13-15-28)23-40(22-29-10-7-11-30(35)16-29)34(43)38-19-27-8-5-4-6-9-27/h4-16,20,24-25,32H,3,17,19,21-23H2,1-2H3,(H,38,43)(H,39,42)/t25-,32+/m0/s1. The highest BCUT2D eigenvalue weighted by Gasteiger charge is 2.24. The first kappa shape index (κ1) is 31.7. The van der Waals surface area contributed by atoms with Gasteiger partial charge in [-0.2, -0.15) is 5.26 Å². The second-order valence-electron chi connectivity index (χ2n) is 10.7. The number of hydrogen-bond acceptors (Lipinski definition) is 4. The molecule has 1 heterocycles. The van der Waals surface area contributed by atoms with Crippen LogP contribution in [-0.4, -0.2) is 38.1 Å². The average Bonchev–Trinajstić information content (AvgIpc) is 3.45. The highest BCUT2D eigenvalue weighted by Crippen LogP contribution is 2.17. The number of benzene rings is 3. The molecule has 2 N–H and O–H groups in total. The van der Waals surface area contributed by atoms with E-state index in [1.807, 2.05) is 59.2 Å². The lowest BCUT2D eigenvalue weighted by atomic mass is 9.98. The molecule has 0 unspecified atom stereocenters.